The molecule has 0 spiro atoms. The lowest BCUT2D eigenvalue weighted by Crippen LogP contribution is -2.38. The second-order valence-electron chi connectivity index (χ2n) is 5.54. The van der Waals surface area contributed by atoms with Gasteiger partial charge in [-0.05, 0) is 31.9 Å². The first-order valence-corrected chi connectivity index (χ1v) is 8.04. The molecular weight excluding hydrogens is 264 g/mol. The molecule has 0 unspecified atom stereocenters. The molecule has 1 aliphatic carbocycles. The minimum absolute atomic E-state index is 0.0631. The predicted octanol–water partition coefficient (Wildman–Crippen LogP) is 3.34. The summed E-state index contributed by atoms with van der Waals surface area (Å²) in [5.74, 6) is 0.857. The highest BCUT2D eigenvalue weighted by Gasteiger charge is 2.14. The van der Waals surface area contributed by atoms with Crippen molar-refractivity contribution in [3.05, 3.63) is 24.3 Å². The molecule has 0 atom stereocenters. The van der Waals surface area contributed by atoms with Crippen molar-refractivity contribution in [3.63, 3.8) is 0 Å². The van der Waals surface area contributed by atoms with Crippen LogP contribution in [0, 0.1) is 0 Å². The lowest BCUT2D eigenvalue weighted by molar-refractivity contribution is -0.120. The summed E-state index contributed by atoms with van der Waals surface area (Å²) >= 11 is 0. The first-order chi connectivity index (χ1) is 10.3. The van der Waals surface area contributed by atoms with Crippen LogP contribution in [-0.2, 0) is 4.79 Å². The van der Waals surface area contributed by atoms with Crippen molar-refractivity contribution in [2.45, 2.75) is 51.5 Å². The maximum Gasteiger partial charge on any atom is 0.239 e. The van der Waals surface area contributed by atoms with Crippen molar-refractivity contribution in [2.24, 2.45) is 0 Å². The lowest BCUT2D eigenvalue weighted by Gasteiger charge is -2.17. The molecule has 4 heteroatoms. The van der Waals surface area contributed by atoms with Crippen molar-refractivity contribution < 1.29 is 9.53 Å². The Kier molecular flexibility index (Phi) is 6.38. The molecule has 21 heavy (non-hydrogen) atoms. The first kappa shape index (κ1) is 15.7. The normalized spacial score (nSPS) is 16.0. The van der Waals surface area contributed by atoms with E-state index in [-0.39, 0.29) is 5.91 Å². The highest BCUT2D eigenvalue weighted by molar-refractivity contribution is 5.81. The summed E-state index contributed by atoms with van der Waals surface area (Å²) in [6, 6.07) is 8.07. The number of benzene rings is 1. The number of carbonyl (C=O) groups is 1. The third-order valence-corrected chi connectivity index (χ3v) is 3.85. The van der Waals surface area contributed by atoms with Gasteiger partial charge in [-0.15, -0.1) is 0 Å². The van der Waals surface area contributed by atoms with Gasteiger partial charge in [0.05, 0.1) is 18.8 Å². The van der Waals surface area contributed by atoms with Crippen LogP contribution in [0.15, 0.2) is 24.3 Å². The molecule has 116 valence electrons. The molecule has 1 saturated carbocycles. The maximum atomic E-state index is 12.1. The van der Waals surface area contributed by atoms with E-state index in [0.29, 0.717) is 19.2 Å². The fourth-order valence-electron chi connectivity index (χ4n) is 2.77. The van der Waals surface area contributed by atoms with Crippen molar-refractivity contribution in [1.82, 2.24) is 5.32 Å². The van der Waals surface area contributed by atoms with Crippen LogP contribution in [0.25, 0.3) is 0 Å². The third kappa shape index (κ3) is 5.29. The summed E-state index contributed by atoms with van der Waals surface area (Å²) in [6.45, 7) is 2.86. The molecule has 0 aromatic heterocycles. The average molecular weight is 290 g/mol. The quantitative estimate of drug-likeness (QED) is 0.790. The van der Waals surface area contributed by atoms with Gasteiger partial charge < -0.3 is 15.4 Å². The Morgan fingerprint density at radius 3 is 2.62 bits per heavy atom. The van der Waals surface area contributed by atoms with Crippen LogP contribution in [-0.4, -0.2) is 25.1 Å². The number of rotatable bonds is 6. The minimum Gasteiger partial charge on any atom is -0.492 e. The molecule has 0 saturated heterocycles. The van der Waals surface area contributed by atoms with Crippen LogP contribution in [0.5, 0.6) is 5.75 Å². The minimum atomic E-state index is 0.0631. The maximum absolute atomic E-state index is 12.1. The van der Waals surface area contributed by atoms with Gasteiger partial charge in [-0.25, -0.2) is 0 Å². The predicted molar refractivity (Wildman–Crippen MR) is 85.7 cm³/mol. The summed E-state index contributed by atoms with van der Waals surface area (Å²) in [7, 11) is 0. The van der Waals surface area contributed by atoms with Gasteiger partial charge in [0.2, 0.25) is 5.91 Å². The number of ether oxygens (including phenoxy) is 1. The molecule has 1 aliphatic rings. The largest absolute Gasteiger partial charge is 0.492 e. The van der Waals surface area contributed by atoms with E-state index >= 15 is 0 Å². The SMILES string of the molecule is CCOc1ccccc1NCC(=O)NC1CCCCCC1. The van der Waals surface area contributed by atoms with E-state index in [0.717, 1.165) is 24.3 Å². The standard InChI is InChI=1S/C17H26N2O2/c1-2-21-16-12-8-7-11-15(16)18-13-17(20)19-14-9-5-3-4-6-10-14/h7-8,11-12,14,18H,2-6,9-10,13H2,1H3,(H,19,20). The summed E-state index contributed by atoms with van der Waals surface area (Å²) in [4.78, 5) is 12.1. The zero-order valence-electron chi connectivity index (χ0n) is 12.9. The van der Waals surface area contributed by atoms with E-state index in [1.807, 2.05) is 31.2 Å². The zero-order chi connectivity index (χ0) is 14.9. The van der Waals surface area contributed by atoms with Gasteiger partial charge in [0.15, 0.2) is 0 Å². The molecule has 0 bridgehead atoms. The molecule has 0 radical (unpaired) electrons. The van der Waals surface area contributed by atoms with Crippen LogP contribution < -0.4 is 15.4 Å². The number of nitrogens with one attached hydrogen (secondary N) is 2. The Bertz CT molecular complexity index is 440. The van der Waals surface area contributed by atoms with Gasteiger partial charge in [0.25, 0.3) is 0 Å². The van der Waals surface area contributed by atoms with E-state index in [9.17, 15) is 4.79 Å². The van der Waals surface area contributed by atoms with Gasteiger partial charge in [-0.2, -0.15) is 0 Å². The second kappa shape index (κ2) is 8.55. The molecule has 1 aromatic rings. The molecule has 1 amide bonds. The molecule has 1 aromatic carbocycles. The second-order valence-corrected chi connectivity index (χ2v) is 5.54. The van der Waals surface area contributed by atoms with E-state index in [2.05, 4.69) is 10.6 Å². The fourth-order valence-corrected chi connectivity index (χ4v) is 2.77. The summed E-state index contributed by atoms with van der Waals surface area (Å²) in [6.07, 6.45) is 7.28. The number of hydrogen-bond acceptors (Lipinski definition) is 3. The van der Waals surface area contributed by atoms with Gasteiger partial charge in [0, 0.05) is 6.04 Å². The van der Waals surface area contributed by atoms with Crippen LogP contribution in [0.1, 0.15) is 45.4 Å². The Morgan fingerprint density at radius 1 is 1.19 bits per heavy atom. The highest BCUT2D eigenvalue weighted by atomic mass is 16.5. The van der Waals surface area contributed by atoms with Gasteiger partial charge in [0.1, 0.15) is 5.75 Å². The van der Waals surface area contributed by atoms with Gasteiger partial charge in [-0.3, -0.25) is 4.79 Å². The molecule has 2 rings (SSSR count). The third-order valence-electron chi connectivity index (χ3n) is 3.85. The van der Waals surface area contributed by atoms with E-state index < -0.39 is 0 Å². The number of para-hydroxylation sites is 2. The van der Waals surface area contributed by atoms with Gasteiger partial charge in [-0.1, -0.05) is 37.8 Å². The van der Waals surface area contributed by atoms with Crippen LogP contribution >= 0.6 is 0 Å². The molecule has 0 heterocycles. The topological polar surface area (TPSA) is 50.4 Å². The molecule has 4 nitrogen and oxygen atoms in total. The fraction of sp³-hybridized carbons (Fsp3) is 0.588. The molecule has 2 N–H and O–H groups in total. The Labute approximate surface area is 127 Å². The molecular formula is C17H26N2O2. The van der Waals surface area contributed by atoms with E-state index in [1.165, 1.54) is 25.7 Å². The summed E-state index contributed by atoms with van der Waals surface area (Å²) in [5.41, 5.74) is 0.871. The average Bonchev–Trinajstić information content (AvgIpc) is 2.75. The smallest absolute Gasteiger partial charge is 0.239 e. The van der Waals surface area contributed by atoms with E-state index in [1.54, 1.807) is 0 Å². The number of amides is 1. The van der Waals surface area contributed by atoms with Crippen LogP contribution in [0.3, 0.4) is 0 Å². The van der Waals surface area contributed by atoms with Crippen molar-refractivity contribution in [1.29, 1.82) is 0 Å². The Hall–Kier alpha value is -1.71. The van der Waals surface area contributed by atoms with Gasteiger partial charge >= 0.3 is 0 Å². The monoisotopic (exact) mass is 290 g/mol. The number of hydrogen-bond donors (Lipinski definition) is 2. The van der Waals surface area contributed by atoms with Crippen molar-refractivity contribution in [3.8, 4) is 5.75 Å². The van der Waals surface area contributed by atoms with Crippen LogP contribution in [0.4, 0.5) is 5.69 Å². The number of carbonyl (C=O) groups excluding carboxylic acids is 1. The molecule has 1 fully saturated rings. The van der Waals surface area contributed by atoms with Crippen molar-refractivity contribution in [2.75, 3.05) is 18.5 Å². The lowest BCUT2D eigenvalue weighted by atomic mass is 10.1. The van der Waals surface area contributed by atoms with Crippen LogP contribution in [0.2, 0.25) is 0 Å². The summed E-state index contributed by atoms with van der Waals surface area (Å²) < 4.78 is 5.54. The summed E-state index contributed by atoms with van der Waals surface area (Å²) in [5, 5.41) is 6.30. The number of anilines is 1. The first-order valence-electron chi connectivity index (χ1n) is 8.04. The Balaban J connectivity index is 1.80. The van der Waals surface area contributed by atoms with E-state index in [4.69, 9.17) is 4.74 Å². The highest BCUT2D eigenvalue weighted by Crippen LogP contribution is 2.23. The zero-order valence-corrected chi connectivity index (χ0v) is 12.9. The Morgan fingerprint density at radius 2 is 1.90 bits per heavy atom. The molecule has 0 aliphatic heterocycles. The van der Waals surface area contributed by atoms with Crippen molar-refractivity contribution >= 4 is 11.6 Å².